The molecule has 0 radical (unpaired) electrons. The molecule has 5 heteroatoms. The number of Topliss-reactive ketones (excluding diaryl/α,β-unsaturated/α-hetero) is 1. The van der Waals surface area contributed by atoms with Crippen LogP contribution in [0.1, 0.15) is 37.2 Å². The largest absolute Gasteiger partial charge is 0.294 e. The number of ketones is 1. The molecule has 0 spiro atoms. The molecular weight excluding hydrogens is 353 g/mol. The van der Waals surface area contributed by atoms with Crippen molar-refractivity contribution in [2.45, 2.75) is 31.6 Å². The number of nitrogens with zero attached hydrogens (tertiary/aromatic N) is 1. The Morgan fingerprint density at radius 3 is 2.50 bits per heavy atom. The van der Waals surface area contributed by atoms with E-state index >= 15 is 0 Å². The van der Waals surface area contributed by atoms with E-state index in [2.05, 4.69) is 0 Å². The molecule has 2 aromatic rings. The summed E-state index contributed by atoms with van der Waals surface area (Å²) in [4.78, 5) is 27.1. The van der Waals surface area contributed by atoms with Crippen molar-refractivity contribution < 1.29 is 14.0 Å². The molecule has 0 bridgehead atoms. The number of benzene rings is 2. The highest BCUT2D eigenvalue weighted by Gasteiger charge is 2.40. The summed E-state index contributed by atoms with van der Waals surface area (Å²) in [5, 5.41) is 0.537. The van der Waals surface area contributed by atoms with Gasteiger partial charge in [0.2, 0.25) is 5.91 Å². The fourth-order valence-corrected chi connectivity index (χ4v) is 4.20. The van der Waals surface area contributed by atoms with Crippen molar-refractivity contribution >= 4 is 29.0 Å². The summed E-state index contributed by atoms with van der Waals surface area (Å²) >= 11 is 6.34. The summed E-state index contributed by atoms with van der Waals surface area (Å²) < 4.78 is 14.4. The van der Waals surface area contributed by atoms with E-state index < -0.39 is 5.82 Å². The first-order valence-corrected chi connectivity index (χ1v) is 9.04. The second-order valence-corrected chi connectivity index (χ2v) is 7.00. The lowest BCUT2D eigenvalue weighted by Gasteiger charge is -2.38. The topological polar surface area (TPSA) is 37.4 Å². The minimum Gasteiger partial charge on any atom is -0.294 e. The van der Waals surface area contributed by atoms with Crippen molar-refractivity contribution in [1.82, 2.24) is 0 Å². The average molecular weight is 370 g/mol. The lowest BCUT2D eigenvalue weighted by atomic mass is 9.77. The van der Waals surface area contributed by atoms with Crippen LogP contribution in [-0.2, 0) is 9.59 Å². The van der Waals surface area contributed by atoms with Crippen LogP contribution >= 0.6 is 11.6 Å². The summed E-state index contributed by atoms with van der Waals surface area (Å²) in [7, 11) is 0. The number of amides is 1. The maximum absolute atomic E-state index is 14.4. The van der Waals surface area contributed by atoms with Gasteiger partial charge in [0, 0.05) is 35.1 Å². The van der Waals surface area contributed by atoms with Gasteiger partial charge in [-0.15, -0.1) is 0 Å². The van der Waals surface area contributed by atoms with E-state index in [1.807, 2.05) is 18.2 Å². The van der Waals surface area contributed by atoms with Gasteiger partial charge in [0.15, 0.2) is 5.78 Å². The predicted molar refractivity (Wildman–Crippen MR) is 98.6 cm³/mol. The number of allylic oxidation sites excluding steroid dienone is 2. The summed E-state index contributed by atoms with van der Waals surface area (Å²) in [6, 6.07) is 13.5. The molecule has 3 nitrogen and oxygen atoms in total. The van der Waals surface area contributed by atoms with Crippen molar-refractivity contribution in [2.24, 2.45) is 0 Å². The molecule has 0 saturated heterocycles. The Hall–Kier alpha value is -2.46. The molecule has 1 amide bonds. The van der Waals surface area contributed by atoms with Crippen LogP contribution in [0.2, 0.25) is 5.02 Å². The number of para-hydroxylation sites is 1. The van der Waals surface area contributed by atoms with Gasteiger partial charge in [0.25, 0.3) is 0 Å². The van der Waals surface area contributed by atoms with Crippen LogP contribution in [0.5, 0.6) is 0 Å². The van der Waals surface area contributed by atoms with Crippen molar-refractivity contribution in [1.29, 1.82) is 0 Å². The van der Waals surface area contributed by atoms with E-state index in [0.29, 0.717) is 35.6 Å². The van der Waals surface area contributed by atoms with E-state index in [9.17, 15) is 14.0 Å². The normalized spacial score (nSPS) is 20.4. The smallest absolute Gasteiger partial charge is 0.232 e. The Morgan fingerprint density at radius 1 is 1.00 bits per heavy atom. The minimum atomic E-state index is -0.470. The maximum Gasteiger partial charge on any atom is 0.232 e. The molecular formula is C21H17ClFNO2. The van der Waals surface area contributed by atoms with Gasteiger partial charge in [-0.1, -0.05) is 41.9 Å². The van der Waals surface area contributed by atoms with Crippen molar-refractivity contribution in [3.8, 4) is 0 Å². The first-order valence-electron chi connectivity index (χ1n) is 8.66. The number of halogens is 2. The zero-order valence-corrected chi connectivity index (χ0v) is 14.8. The van der Waals surface area contributed by atoms with Crippen LogP contribution < -0.4 is 4.90 Å². The van der Waals surface area contributed by atoms with Gasteiger partial charge in [0.1, 0.15) is 5.82 Å². The number of anilines is 1. The van der Waals surface area contributed by atoms with Crippen LogP contribution in [0.3, 0.4) is 0 Å². The van der Waals surface area contributed by atoms with Gasteiger partial charge in [-0.25, -0.2) is 4.39 Å². The minimum absolute atomic E-state index is 0.0185. The molecule has 0 aromatic heterocycles. The SMILES string of the molecule is O=C1CCCC2=C1[C@H](c1ccccc1Cl)CC(=O)N2c1ccccc1F. The van der Waals surface area contributed by atoms with E-state index in [1.54, 1.807) is 24.3 Å². The summed E-state index contributed by atoms with van der Waals surface area (Å²) in [6.45, 7) is 0. The van der Waals surface area contributed by atoms with Gasteiger partial charge < -0.3 is 0 Å². The van der Waals surface area contributed by atoms with Crippen LogP contribution in [0.25, 0.3) is 0 Å². The first-order chi connectivity index (χ1) is 12.6. The molecule has 1 aliphatic heterocycles. The molecule has 2 aliphatic rings. The molecule has 1 aliphatic carbocycles. The number of hydrogen-bond donors (Lipinski definition) is 0. The van der Waals surface area contributed by atoms with Crippen LogP contribution in [0.4, 0.5) is 10.1 Å². The van der Waals surface area contributed by atoms with E-state index in [4.69, 9.17) is 11.6 Å². The monoisotopic (exact) mass is 369 g/mol. The quantitative estimate of drug-likeness (QED) is 0.746. The van der Waals surface area contributed by atoms with Gasteiger partial charge in [-0.05, 0) is 36.6 Å². The highest BCUT2D eigenvalue weighted by Crippen LogP contribution is 2.45. The molecule has 26 heavy (non-hydrogen) atoms. The van der Waals surface area contributed by atoms with E-state index in [-0.39, 0.29) is 29.7 Å². The van der Waals surface area contributed by atoms with Crippen molar-refractivity contribution in [2.75, 3.05) is 4.90 Å². The fraction of sp³-hybridized carbons (Fsp3) is 0.238. The highest BCUT2D eigenvalue weighted by molar-refractivity contribution is 6.31. The van der Waals surface area contributed by atoms with Gasteiger partial charge in [0.05, 0.1) is 5.69 Å². The van der Waals surface area contributed by atoms with Crippen molar-refractivity contribution in [3.63, 3.8) is 0 Å². The molecule has 132 valence electrons. The molecule has 0 N–H and O–H groups in total. The number of hydrogen-bond acceptors (Lipinski definition) is 2. The molecule has 4 rings (SSSR count). The molecule has 0 unspecified atom stereocenters. The van der Waals surface area contributed by atoms with Crippen LogP contribution in [0, 0.1) is 5.82 Å². The third kappa shape index (κ3) is 2.74. The lowest BCUT2D eigenvalue weighted by Crippen LogP contribution is -2.41. The Kier molecular flexibility index (Phi) is 4.37. The molecule has 1 heterocycles. The standard InChI is InChI=1S/C21H17ClFNO2/c22-15-7-2-1-6-13(15)14-12-20(26)24(17-9-4-3-8-16(17)23)18-10-5-11-19(25)21(14)18/h1-4,6-9,14H,5,10-12H2/t14-/m0/s1. The molecule has 0 saturated carbocycles. The third-order valence-electron chi connectivity index (χ3n) is 5.05. The van der Waals surface area contributed by atoms with Gasteiger partial charge in [-0.2, -0.15) is 0 Å². The summed E-state index contributed by atoms with van der Waals surface area (Å²) in [5.41, 5.74) is 2.20. The van der Waals surface area contributed by atoms with E-state index in [0.717, 1.165) is 5.56 Å². The number of carbonyl (C=O) groups excluding carboxylic acids is 2. The summed E-state index contributed by atoms with van der Waals surface area (Å²) in [6.07, 6.45) is 1.77. The van der Waals surface area contributed by atoms with Crippen LogP contribution in [0.15, 0.2) is 59.8 Å². The average Bonchev–Trinajstić information content (AvgIpc) is 2.63. The Morgan fingerprint density at radius 2 is 1.73 bits per heavy atom. The molecule has 0 fully saturated rings. The first kappa shape index (κ1) is 17.0. The lowest BCUT2D eigenvalue weighted by molar-refractivity contribution is -0.120. The second kappa shape index (κ2) is 6.69. The zero-order chi connectivity index (χ0) is 18.3. The second-order valence-electron chi connectivity index (χ2n) is 6.60. The van der Waals surface area contributed by atoms with Gasteiger partial charge in [-0.3, -0.25) is 14.5 Å². The van der Waals surface area contributed by atoms with Gasteiger partial charge >= 0.3 is 0 Å². The Bertz CT molecular complexity index is 937. The maximum atomic E-state index is 14.4. The number of rotatable bonds is 2. The summed E-state index contributed by atoms with van der Waals surface area (Å²) in [5.74, 6) is -1.04. The van der Waals surface area contributed by atoms with Crippen molar-refractivity contribution in [3.05, 3.63) is 76.2 Å². The van der Waals surface area contributed by atoms with E-state index in [1.165, 1.54) is 11.0 Å². The zero-order valence-electron chi connectivity index (χ0n) is 14.0. The number of carbonyl (C=O) groups is 2. The molecule has 2 aromatic carbocycles. The molecule has 1 atom stereocenters. The predicted octanol–water partition coefficient (Wildman–Crippen LogP) is 5.01. The Balaban J connectivity index is 1.91. The Labute approximate surface area is 156 Å². The highest BCUT2D eigenvalue weighted by atomic mass is 35.5. The van der Waals surface area contributed by atoms with Crippen LogP contribution in [-0.4, -0.2) is 11.7 Å². The fourth-order valence-electron chi connectivity index (χ4n) is 3.93. The third-order valence-corrected chi connectivity index (χ3v) is 5.39.